The number of amides is 1. The minimum atomic E-state index is -0.950. The van der Waals surface area contributed by atoms with Gasteiger partial charge in [0.15, 0.2) is 0 Å². The normalized spacial score (nSPS) is 16.9. The Balaban J connectivity index is 1.85. The van der Waals surface area contributed by atoms with Crippen LogP contribution >= 0.6 is 0 Å². The number of phenolic OH excluding ortho intramolecular Hbond substituents is 1. The summed E-state index contributed by atoms with van der Waals surface area (Å²) < 4.78 is 11.2. The number of aromatic hydroxyl groups is 1. The molecule has 1 saturated heterocycles. The Bertz CT molecular complexity index is 1370. The summed E-state index contributed by atoms with van der Waals surface area (Å²) in [6.07, 6.45) is 0. The van der Waals surface area contributed by atoms with E-state index in [1.807, 2.05) is 13.8 Å². The summed E-state index contributed by atoms with van der Waals surface area (Å²) in [6, 6.07) is 17.5. The van der Waals surface area contributed by atoms with E-state index in [0.29, 0.717) is 40.8 Å². The fraction of sp³-hybridized carbons (Fsp3) is 0.290. The van der Waals surface area contributed by atoms with Gasteiger partial charge in [0.1, 0.15) is 23.0 Å². The summed E-state index contributed by atoms with van der Waals surface area (Å²) in [5.74, 6) is -0.122. The van der Waals surface area contributed by atoms with E-state index in [1.165, 1.54) is 17.0 Å². The molecular weight excluding hydrogens is 482 g/mol. The largest absolute Gasteiger partial charge is 0.508 e. The molecule has 0 spiro atoms. The van der Waals surface area contributed by atoms with Crippen LogP contribution in [0, 0.1) is 5.92 Å². The van der Waals surface area contributed by atoms with Gasteiger partial charge in [-0.25, -0.2) is 0 Å². The Morgan fingerprint density at radius 2 is 1.68 bits per heavy atom. The van der Waals surface area contributed by atoms with Gasteiger partial charge in [0.2, 0.25) is 0 Å². The fourth-order valence-electron chi connectivity index (χ4n) is 4.56. The van der Waals surface area contributed by atoms with Gasteiger partial charge in [-0.05, 0) is 77.6 Å². The topological polar surface area (TPSA) is 96.3 Å². The molecule has 0 saturated carbocycles. The third-order valence-electron chi connectivity index (χ3n) is 6.45. The minimum absolute atomic E-state index is 0.0166. The lowest BCUT2D eigenvalue weighted by molar-refractivity contribution is -0.132. The molecule has 0 aromatic heterocycles. The number of methoxy groups -OCH3 is 1. The van der Waals surface area contributed by atoms with Crippen LogP contribution in [0.25, 0.3) is 5.76 Å². The number of benzene rings is 3. The molecular formula is C31H33NO6. The molecule has 1 heterocycles. The number of hydrogen-bond acceptors (Lipinski definition) is 6. The van der Waals surface area contributed by atoms with E-state index < -0.39 is 17.7 Å². The molecule has 1 unspecified atom stereocenters. The molecule has 2 N–H and O–H groups in total. The van der Waals surface area contributed by atoms with Gasteiger partial charge in [-0.15, -0.1) is 0 Å². The monoisotopic (exact) mass is 515 g/mol. The van der Waals surface area contributed by atoms with E-state index in [9.17, 15) is 19.8 Å². The lowest BCUT2D eigenvalue weighted by atomic mass is 9.93. The van der Waals surface area contributed by atoms with Crippen LogP contribution in [-0.2, 0) is 9.59 Å². The van der Waals surface area contributed by atoms with Crippen molar-refractivity contribution in [1.29, 1.82) is 0 Å². The third kappa shape index (κ3) is 5.23. The number of nitrogens with zero attached hydrogens (tertiary/aromatic N) is 1. The van der Waals surface area contributed by atoms with E-state index in [4.69, 9.17) is 9.47 Å². The first kappa shape index (κ1) is 26.8. The molecule has 198 valence electrons. The van der Waals surface area contributed by atoms with Crippen molar-refractivity contribution in [3.05, 3.63) is 89.0 Å². The molecule has 4 rings (SSSR count). The van der Waals surface area contributed by atoms with Crippen molar-refractivity contribution in [2.45, 2.75) is 39.7 Å². The average molecular weight is 516 g/mol. The summed E-state index contributed by atoms with van der Waals surface area (Å²) in [5.41, 5.74) is 2.16. The predicted molar refractivity (Wildman–Crippen MR) is 147 cm³/mol. The van der Waals surface area contributed by atoms with Gasteiger partial charge in [-0.2, -0.15) is 0 Å². The third-order valence-corrected chi connectivity index (χ3v) is 6.45. The maximum absolute atomic E-state index is 13.4. The fourth-order valence-corrected chi connectivity index (χ4v) is 4.56. The highest BCUT2D eigenvalue weighted by Gasteiger charge is 2.47. The van der Waals surface area contributed by atoms with Crippen LogP contribution in [0.3, 0.4) is 0 Å². The number of ketones is 1. The van der Waals surface area contributed by atoms with Crippen LogP contribution in [0.1, 0.15) is 56.3 Å². The second-order valence-electron chi connectivity index (χ2n) is 10.1. The van der Waals surface area contributed by atoms with E-state index in [2.05, 4.69) is 13.8 Å². The van der Waals surface area contributed by atoms with E-state index in [1.54, 1.807) is 61.7 Å². The van der Waals surface area contributed by atoms with Crippen LogP contribution in [0.4, 0.5) is 5.69 Å². The second kappa shape index (κ2) is 11.0. The number of rotatable bonds is 8. The molecule has 0 aliphatic carbocycles. The molecule has 0 bridgehead atoms. The van der Waals surface area contributed by atoms with Crippen molar-refractivity contribution in [3.63, 3.8) is 0 Å². The number of hydrogen-bond donors (Lipinski definition) is 2. The number of anilines is 1. The minimum Gasteiger partial charge on any atom is -0.508 e. The maximum Gasteiger partial charge on any atom is 0.300 e. The Hall–Kier alpha value is -4.26. The number of aliphatic hydroxyl groups is 1. The van der Waals surface area contributed by atoms with Crippen LogP contribution in [0.15, 0.2) is 72.3 Å². The zero-order valence-electron chi connectivity index (χ0n) is 22.3. The molecule has 1 aliphatic heterocycles. The highest BCUT2D eigenvalue weighted by atomic mass is 16.5. The van der Waals surface area contributed by atoms with Crippen LogP contribution < -0.4 is 14.4 Å². The van der Waals surface area contributed by atoms with E-state index >= 15 is 0 Å². The lowest BCUT2D eigenvalue weighted by Crippen LogP contribution is -2.29. The molecule has 1 atom stereocenters. The van der Waals surface area contributed by atoms with Crippen molar-refractivity contribution < 1.29 is 29.3 Å². The highest BCUT2D eigenvalue weighted by Crippen LogP contribution is 2.43. The molecule has 1 amide bonds. The standard InChI is InChI=1S/C31H33NO6/c1-18(2)17-38-24-12-10-22(11-13-24)32-28(20-7-6-8-23(33)15-20)27(30(35)31(32)36)29(34)21-9-14-26(37-5)25(16-21)19(3)4/h6-16,18-19,28,33-34H,17H2,1-5H3/b29-27-. The van der Waals surface area contributed by atoms with Crippen LogP contribution in [-0.4, -0.2) is 35.6 Å². The Kier molecular flexibility index (Phi) is 7.76. The van der Waals surface area contributed by atoms with Gasteiger partial charge in [0, 0.05) is 11.3 Å². The summed E-state index contributed by atoms with van der Waals surface area (Å²) in [7, 11) is 1.58. The Morgan fingerprint density at radius 1 is 0.974 bits per heavy atom. The molecule has 1 fully saturated rings. The molecule has 0 radical (unpaired) electrons. The highest BCUT2D eigenvalue weighted by molar-refractivity contribution is 6.51. The van der Waals surface area contributed by atoms with Crippen molar-refractivity contribution in [3.8, 4) is 17.2 Å². The zero-order chi connectivity index (χ0) is 27.6. The van der Waals surface area contributed by atoms with Gasteiger partial charge in [0.05, 0.1) is 25.3 Å². The summed E-state index contributed by atoms with van der Waals surface area (Å²) in [4.78, 5) is 28.2. The number of ether oxygens (including phenoxy) is 2. The van der Waals surface area contributed by atoms with Gasteiger partial charge >= 0.3 is 0 Å². The lowest BCUT2D eigenvalue weighted by Gasteiger charge is -2.26. The Labute approximate surface area is 222 Å². The van der Waals surface area contributed by atoms with Gasteiger partial charge in [0.25, 0.3) is 11.7 Å². The molecule has 3 aromatic rings. The first-order chi connectivity index (χ1) is 18.1. The van der Waals surface area contributed by atoms with Gasteiger partial charge in [-0.3, -0.25) is 14.5 Å². The quantitative estimate of drug-likeness (QED) is 0.211. The zero-order valence-corrected chi connectivity index (χ0v) is 22.3. The predicted octanol–water partition coefficient (Wildman–Crippen LogP) is 6.19. The van der Waals surface area contributed by atoms with Gasteiger partial charge in [-0.1, -0.05) is 39.8 Å². The Morgan fingerprint density at radius 3 is 2.29 bits per heavy atom. The number of carbonyl (C=O) groups excluding carboxylic acids is 2. The summed E-state index contributed by atoms with van der Waals surface area (Å²) in [6.45, 7) is 8.66. The second-order valence-corrected chi connectivity index (χ2v) is 10.1. The van der Waals surface area contributed by atoms with Crippen molar-refractivity contribution >= 4 is 23.1 Å². The SMILES string of the molecule is COc1ccc(/C(O)=C2/C(=O)C(=O)N(c3ccc(OCC(C)C)cc3)C2c2cccc(O)c2)cc1C(C)C. The summed E-state index contributed by atoms with van der Waals surface area (Å²) in [5, 5.41) is 21.7. The first-order valence-electron chi connectivity index (χ1n) is 12.6. The molecule has 38 heavy (non-hydrogen) atoms. The van der Waals surface area contributed by atoms with Crippen molar-refractivity contribution in [1.82, 2.24) is 0 Å². The van der Waals surface area contributed by atoms with Crippen LogP contribution in [0.5, 0.6) is 17.2 Å². The maximum atomic E-state index is 13.4. The average Bonchev–Trinajstić information content (AvgIpc) is 3.17. The molecule has 7 heteroatoms. The summed E-state index contributed by atoms with van der Waals surface area (Å²) >= 11 is 0. The van der Waals surface area contributed by atoms with Crippen molar-refractivity contribution in [2.75, 3.05) is 18.6 Å². The van der Waals surface area contributed by atoms with Crippen LogP contribution in [0.2, 0.25) is 0 Å². The van der Waals surface area contributed by atoms with E-state index in [-0.39, 0.29) is 23.0 Å². The number of Topliss-reactive ketones (excluding diaryl/α,β-unsaturated/α-hetero) is 1. The molecule has 1 aliphatic rings. The van der Waals surface area contributed by atoms with Crippen molar-refractivity contribution in [2.24, 2.45) is 5.92 Å². The van der Waals surface area contributed by atoms with E-state index in [0.717, 1.165) is 5.56 Å². The molecule has 7 nitrogen and oxygen atoms in total. The number of phenols is 1. The van der Waals surface area contributed by atoms with Gasteiger partial charge < -0.3 is 19.7 Å². The first-order valence-corrected chi connectivity index (χ1v) is 12.6. The smallest absolute Gasteiger partial charge is 0.300 e. The molecule has 3 aromatic carbocycles. The number of carbonyl (C=O) groups is 2. The number of aliphatic hydroxyl groups excluding tert-OH is 1.